The van der Waals surface area contributed by atoms with Crippen molar-refractivity contribution in [2.45, 2.75) is 70.4 Å². The van der Waals surface area contributed by atoms with E-state index in [1.807, 2.05) is 7.11 Å². The first kappa shape index (κ1) is 14.0. The normalized spacial score (nSPS) is 20.2. The number of methoxy groups -OCH3 is 1. The Morgan fingerprint density at radius 3 is 2.44 bits per heavy atom. The Kier molecular flexibility index (Phi) is 5.77. The van der Waals surface area contributed by atoms with Gasteiger partial charge in [0.15, 0.2) is 0 Å². The number of rotatable bonds is 7. The predicted molar refractivity (Wildman–Crippen MR) is 69.7 cm³/mol. The van der Waals surface area contributed by atoms with Gasteiger partial charge in [0.25, 0.3) is 0 Å². The molecule has 0 bridgehead atoms. The predicted octanol–water partition coefficient (Wildman–Crippen LogP) is 3.36. The van der Waals surface area contributed by atoms with E-state index in [0.29, 0.717) is 6.04 Å². The van der Waals surface area contributed by atoms with Gasteiger partial charge in [-0.3, -0.25) is 0 Å². The molecule has 2 nitrogen and oxygen atoms in total. The molecule has 1 unspecified atom stereocenters. The van der Waals surface area contributed by atoms with Crippen molar-refractivity contribution in [2.24, 2.45) is 5.92 Å². The Balaban J connectivity index is 2.25. The van der Waals surface area contributed by atoms with Crippen LogP contribution in [0.2, 0.25) is 0 Å². The fraction of sp³-hybridized carbons (Fsp3) is 1.00. The van der Waals surface area contributed by atoms with Gasteiger partial charge in [-0.1, -0.05) is 25.7 Å². The largest absolute Gasteiger partial charge is 0.379 e. The third-order valence-corrected chi connectivity index (χ3v) is 4.15. The fourth-order valence-electron chi connectivity index (χ4n) is 2.65. The highest BCUT2D eigenvalue weighted by Crippen LogP contribution is 2.30. The van der Waals surface area contributed by atoms with Gasteiger partial charge in [-0.2, -0.15) is 0 Å². The summed E-state index contributed by atoms with van der Waals surface area (Å²) in [6, 6.07) is 0.678. The molecule has 0 radical (unpaired) electrons. The summed E-state index contributed by atoms with van der Waals surface area (Å²) in [5, 5.41) is 3.47. The summed E-state index contributed by atoms with van der Waals surface area (Å²) in [7, 11) is 3.91. The van der Waals surface area contributed by atoms with Crippen LogP contribution in [-0.2, 0) is 4.74 Å². The molecule has 2 heteroatoms. The number of hydrogen-bond donors (Lipinski definition) is 1. The summed E-state index contributed by atoms with van der Waals surface area (Å²) >= 11 is 0. The topological polar surface area (TPSA) is 21.3 Å². The third kappa shape index (κ3) is 4.84. The molecule has 1 saturated carbocycles. The van der Waals surface area contributed by atoms with E-state index in [4.69, 9.17) is 4.74 Å². The van der Waals surface area contributed by atoms with Gasteiger partial charge >= 0.3 is 0 Å². The fourth-order valence-corrected chi connectivity index (χ4v) is 2.65. The average molecular weight is 227 g/mol. The van der Waals surface area contributed by atoms with Gasteiger partial charge in [0.1, 0.15) is 0 Å². The minimum Gasteiger partial charge on any atom is -0.379 e. The first-order valence-corrected chi connectivity index (χ1v) is 6.80. The highest BCUT2D eigenvalue weighted by Gasteiger charge is 2.22. The highest BCUT2D eigenvalue weighted by atomic mass is 16.5. The molecule has 0 aliphatic heterocycles. The molecule has 0 amide bonds. The van der Waals surface area contributed by atoms with Crippen LogP contribution in [-0.4, -0.2) is 25.8 Å². The smallest absolute Gasteiger partial charge is 0.0623 e. The van der Waals surface area contributed by atoms with Crippen LogP contribution in [0.3, 0.4) is 0 Å². The molecule has 96 valence electrons. The SMILES string of the molecule is CNC(CCC(C)(C)OC)CC1CCCC1. The second-order valence-electron chi connectivity index (χ2n) is 5.87. The first-order chi connectivity index (χ1) is 7.57. The summed E-state index contributed by atoms with van der Waals surface area (Å²) < 4.78 is 5.47. The molecule has 1 atom stereocenters. The van der Waals surface area contributed by atoms with E-state index in [0.717, 1.165) is 12.3 Å². The maximum atomic E-state index is 5.47. The number of nitrogens with one attached hydrogen (secondary N) is 1. The molecule has 0 spiro atoms. The van der Waals surface area contributed by atoms with Crippen LogP contribution in [0.1, 0.15) is 58.8 Å². The zero-order valence-electron chi connectivity index (χ0n) is 11.5. The molecule has 0 saturated heterocycles. The van der Waals surface area contributed by atoms with Gasteiger partial charge in [0.2, 0.25) is 0 Å². The van der Waals surface area contributed by atoms with E-state index in [2.05, 4.69) is 26.2 Å². The molecule has 1 fully saturated rings. The lowest BCUT2D eigenvalue weighted by Gasteiger charge is -2.27. The minimum absolute atomic E-state index is 0.0325. The monoisotopic (exact) mass is 227 g/mol. The summed E-state index contributed by atoms with van der Waals surface area (Å²) in [6.07, 6.45) is 9.53. The first-order valence-electron chi connectivity index (χ1n) is 6.80. The van der Waals surface area contributed by atoms with Gasteiger partial charge in [-0.15, -0.1) is 0 Å². The summed E-state index contributed by atoms with van der Waals surface area (Å²) in [6.45, 7) is 4.35. The van der Waals surface area contributed by atoms with E-state index >= 15 is 0 Å². The zero-order valence-corrected chi connectivity index (χ0v) is 11.5. The van der Waals surface area contributed by atoms with Crippen molar-refractivity contribution in [1.82, 2.24) is 5.32 Å². The van der Waals surface area contributed by atoms with Crippen molar-refractivity contribution in [1.29, 1.82) is 0 Å². The van der Waals surface area contributed by atoms with E-state index < -0.39 is 0 Å². The lowest BCUT2D eigenvalue weighted by Crippen LogP contribution is -2.31. The molecule has 0 aromatic heterocycles. The molecule has 0 aromatic carbocycles. The Hall–Kier alpha value is -0.0800. The van der Waals surface area contributed by atoms with Gasteiger partial charge < -0.3 is 10.1 Å². The Labute approximate surface area is 101 Å². The summed E-state index contributed by atoms with van der Waals surface area (Å²) in [5.41, 5.74) is 0.0325. The van der Waals surface area contributed by atoms with Gasteiger partial charge in [0, 0.05) is 13.2 Å². The van der Waals surface area contributed by atoms with Crippen molar-refractivity contribution in [3.05, 3.63) is 0 Å². The maximum absolute atomic E-state index is 5.47. The molecule has 1 aliphatic carbocycles. The van der Waals surface area contributed by atoms with Crippen LogP contribution in [0.4, 0.5) is 0 Å². The van der Waals surface area contributed by atoms with Crippen LogP contribution in [0.5, 0.6) is 0 Å². The third-order valence-electron chi connectivity index (χ3n) is 4.15. The summed E-state index contributed by atoms with van der Waals surface area (Å²) in [5.74, 6) is 0.975. The van der Waals surface area contributed by atoms with Crippen LogP contribution >= 0.6 is 0 Å². The van der Waals surface area contributed by atoms with Crippen LogP contribution in [0.15, 0.2) is 0 Å². The van der Waals surface area contributed by atoms with E-state index in [1.54, 1.807) is 0 Å². The van der Waals surface area contributed by atoms with Gasteiger partial charge in [0.05, 0.1) is 5.60 Å². The lowest BCUT2D eigenvalue weighted by atomic mass is 9.92. The molecule has 0 aromatic rings. The van der Waals surface area contributed by atoms with Crippen molar-refractivity contribution in [2.75, 3.05) is 14.2 Å². The van der Waals surface area contributed by atoms with Crippen molar-refractivity contribution in [3.63, 3.8) is 0 Å². The Bertz CT molecular complexity index is 185. The van der Waals surface area contributed by atoms with E-state index in [-0.39, 0.29) is 5.60 Å². The maximum Gasteiger partial charge on any atom is 0.0623 e. The molecular weight excluding hydrogens is 198 g/mol. The molecule has 1 aliphatic rings. The summed E-state index contributed by atoms with van der Waals surface area (Å²) in [4.78, 5) is 0. The molecule has 16 heavy (non-hydrogen) atoms. The van der Waals surface area contributed by atoms with E-state index in [9.17, 15) is 0 Å². The van der Waals surface area contributed by atoms with Gasteiger partial charge in [-0.05, 0) is 46.1 Å². The van der Waals surface area contributed by atoms with Crippen LogP contribution in [0.25, 0.3) is 0 Å². The minimum atomic E-state index is 0.0325. The Morgan fingerprint density at radius 1 is 1.31 bits per heavy atom. The quantitative estimate of drug-likeness (QED) is 0.720. The molecular formula is C14H29NO. The van der Waals surface area contributed by atoms with Gasteiger partial charge in [-0.25, -0.2) is 0 Å². The van der Waals surface area contributed by atoms with Crippen LogP contribution in [0, 0.1) is 5.92 Å². The van der Waals surface area contributed by atoms with Crippen molar-refractivity contribution < 1.29 is 4.74 Å². The molecule has 0 heterocycles. The second kappa shape index (κ2) is 6.61. The Morgan fingerprint density at radius 2 is 1.94 bits per heavy atom. The lowest BCUT2D eigenvalue weighted by molar-refractivity contribution is 0.0113. The van der Waals surface area contributed by atoms with Crippen molar-refractivity contribution >= 4 is 0 Å². The molecule has 1 N–H and O–H groups in total. The number of ether oxygens (including phenoxy) is 1. The van der Waals surface area contributed by atoms with Crippen LogP contribution < -0.4 is 5.32 Å². The van der Waals surface area contributed by atoms with E-state index in [1.165, 1.54) is 38.5 Å². The average Bonchev–Trinajstić information content (AvgIpc) is 2.77. The molecule has 1 rings (SSSR count). The standard InChI is InChI=1S/C14H29NO/c1-14(2,16-4)10-9-13(15-3)11-12-7-5-6-8-12/h12-13,15H,5-11H2,1-4H3. The highest BCUT2D eigenvalue weighted by molar-refractivity contribution is 4.78. The second-order valence-corrected chi connectivity index (χ2v) is 5.87. The number of hydrogen-bond acceptors (Lipinski definition) is 2. The van der Waals surface area contributed by atoms with Crippen molar-refractivity contribution in [3.8, 4) is 0 Å². The zero-order chi connectivity index (χ0) is 12.0.